The summed E-state index contributed by atoms with van der Waals surface area (Å²) < 4.78 is 12.9. The maximum absolute atomic E-state index is 12.9. The molecule has 1 heterocycles. The first-order valence-corrected chi connectivity index (χ1v) is 5.96. The number of benzene rings is 1. The second-order valence-electron chi connectivity index (χ2n) is 4.63. The normalized spacial score (nSPS) is 21.2. The maximum atomic E-state index is 12.9. The van der Waals surface area contributed by atoms with Crippen LogP contribution in [0, 0.1) is 11.7 Å². The van der Waals surface area contributed by atoms with Gasteiger partial charge in [0.25, 0.3) is 0 Å². The standard InChI is InChI=1S/C13H19FN2/c1-11-5-7-16(10-11)8-6-15-13-4-2-3-12(14)9-13/h2-4,9,11,15H,5-8,10H2,1H3. The number of likely N-dealkylation sites (tertiary alicyclic amines) is 1. The molecular formula is C13H19FN2. The third-order valence-corrected chi connectivity index (χ3v) is 3.09. The van der Waals surface area contributed by atoms with Crippen LogP contribution in [0.25, 0.3) is 0 Å². The van der Waals surface area contributed by atoms with E-state index in [0.29, 0.717) is 0 Å². The van der Waals surface area contributed by atoms with E-state index in [-0.39, 0.29) is 5.82 Å². The second kappa shape index (κ2) is 5.30. The molecule has 1 N–H and O–H groups in total. The van der Waals surface area contributed by atoms with Gasteiger partial charge in [-0.05, 0) is 37.1 Å². The summed E-state index contributed by atoms with van der Waals surface area (Å²) in [5.74, 6) is 0.647. The summed E-state index contributed by atoms with van der Waals surface area (Å²) in [5, 5.41) is 3.25. The van der Waals surface area contributed by atoms with Crippen LogP contribution in [0.15, 0.2) is 24.3 Å². The van der Waals surface area contributed by atoms with Gasteiger partial charge >= 0.3 is 0 Å². The minimum absolute atomic E-state index is 0.181. The van der Waals surface area contributed by atoms with Crippen molar-refractivity contribution in [3.05, 3.63) is 30.1 Å². The van der Waals surface area contributed by atoms with Crippen LogP contribution in [0.2, 0.25) is 0 Å². The van der Waals surface area contributed by atoms with E-state index in [4.69, 9.17) is 0 Å². The Bertz CT molecular complexity index is 340. The zero-order valence-corrected chi connectivity index (χ0v) is 9.75. The molecular weight excluding hydrogens is 203 g/mol. The number of hydrogen-bond donors (Lipinski definition) is 1. The lowest BCUT2D eigenvalue weighted by molar-refractivity contribution is 0.341. The van der Waals surface area contributed by atoms with Crippen molar-refractivity contribution in [2.45, 2.75) is 13.3 Å². The molecule has 0 aliphatic carbocycles. The molecule has 2 nitrogen and oxygen atoms in total. The third kappa shape index (κ3) is 3.20. The van der Waals surface area contributed by atoms with Gasteiger partial charge in [-0.1, -0.05) is 13.0 Å². The number of nitrogens with one attached hydrogen (secondary N) is 1. The van der Waals surface area contributed by atoms with Gasteiger partial charge in [0.2, 0.25) is 0 Å². The molecule has 3 heteroatoms. The molecule has 1 aliphatic rings. The first-order chi connectivity index (χ1) is 7.74. The summed E-state index contributed by atoms with van der Waals surface area (Å²) in [6, 6.07) is 6.63. The van der Waals surface area contributed by atoms with Crippen molar-refractivity contribution in [2.75, 3.05) is 31.5 Å². The predicted molar refractivity (Wildman–Crippen MR) is 65.1 cm³/mol. The van der Waals surface area contributed by atoms with Gasteiger partial charge in [0.15, 0.2) is 0 Å². The molecule has 1 aliphatic heterocycles. The smallest absolute Gasteiger partial charge is 0.125 e. The van der Waals surface area contributed by atoms with Gasteiger partial charge < -0.3 is 10.2 Å². The number of rotatable bonds is 4. The van der Waals surface area contributed by atoms with Crippen LogP contribution in [-0.4, -0.2) is 31.1 Å². The maximum Gasteiger partial charge on any atom is 0.125 e. The van der Waals surface area contributed by atoms with Crippen molar-refractivity contribution >= 4 is 5.69 Å². The van der Waals surface area contributed by atoms with Crippen LogP contribution in [0.5, 0.6) is 0 Å². The minimum Gasteiger partial charge on any atom is -0.384 e. The molecule has 1 aromatic carbocycles. The fourth-order valence-electron chi connectivity index (χ4n) is 2.19. The van der Waals surface area contributed by atoms with Crippen LogP contribution in [-0.2, 0) is 0 Å². The van der Waals surface area contributed by atoms with Gasteiger partial charge in [0.1, 0.15) is 5.82 Å². The van der Waals surface area contributed by atoms with Crippen molar-refractivity contribution in [3.8, 4) is 0 Å². The lowest BCUT2D eigenvalue weighted by atomic mass is 10.2. The first-order valence-electron chi connectivity index (χ1n) is 5.96. The molecule has 1 fully saturated rings. The lowest BCUT2D eigenvalue weighted by Crippen LogP contribution is -2.26. The Balaban J connectivity index is 1.72. The number of hydrogen-bond acceptors (Lipinski definition) is 2. The first kappa shape index (κ1) is 11.4. The number of halogens is 1. The molecule has 0 bridgehead atoms. The molecule has 16 heavy (non-hydrogen) atoms. The summed E-state index contributed by atoms with van der Waals surface area (Å²) in [7, 11) is 0. The van der Waals surface area contributed by atoms with Gasteiger partial charge in [-0.3, -0.25) is 0 Å². The number of anilines is 1. The Kier molecular flexibility index (Phi) is 3.78. The fraction of sp³-hybridized carbons (Fsp3) is 0.538. The van der Waals surface area contributed by atoms with E-state index in [0.717, 1.165) is 24.7 Å². The van der Waals surface area contributed by atoms with Crippen molar-refractivity contribution < 1.29 is 4.39 Å². The van der Waals surface area contributed by atoms with Crippen molar-refractivity contribution in [1.29, 1.82) is 0 Å². The highest BCUT2D eigenvalue weighted by Crippen LogP contribution is 2.14. The average Bonchev–Trinajstić information content (AvgIpc) is 2.64. The highest BCUT2D eigenvalue weighted by atomic mass is 19.1. The average molecular weight is 222 g/mol. The van der Waals surface area contributed by atoms with E-state index in [1.165, 1.54) is 31.6 Å². The quantitative estimate of drug-likeness (QED) is 0.842. The monoisotopic (exact) mass is 222 g/mol. The summed E-state index contributed by atoms with van der Waals surface area (Å²) in [6.45, 7) is 6.62. The molecule has 0 spiro atoms. The molecule has 1 aromatic rings. The predicted octanol–water partition coefficient (Wildman–Crippen LogP) is 2.58. The highest BCUT2D eigenvalue weighted by molar-refractivity contribution is 5.42. The summed E-state index contributed by atoms with van der Waals surface area (Å²) in [4.78, 5) is 2.46. The van der Waals surface area contributed by atoms with Crippen LogP contribution < -0.4 is 5.32 Å². The third-order valence-electron chi connectivity index (χ3n) is 3.09. The Morgan fingerprint density at radius 2 is 2.38 bits per heavy atom. The minimum atomic E-state index is -0.181. The van der Waals surface area contributed by atoms with E-state index < -0.39 is 0 Å². The molecule has 0 radical (unpaired) electrons. The van der Waals surface area contributed by atoms with Gasteiger partial charge in [0.05, 0.1) is 0 Å². The molecule has 1 saturated heterocycles. The Labute approximate surface area is 96.5 Å². The van der Waals surface area contributed by atoms with E-state index in [2.05, 4.69) is 17.1 Å². The number of nitrogens with zero attached hydrogens (tertiary/aromatic N) is 1. The van der Waals surface area contributed by atoms with E-state index in [1.807, 2.05) is 6.07 Å². The second-order valence-corrected chi connectivity index (χ2v) is 4.63. The lowest BCUT2D eigenvalue weighted by Gasteiger charge is -2.15. The van der Waals surface area contributed by atoms with Crippen molar-refractivity contribution in [1.82, 2.24) is 4.90 Å². The molecule has 0 amide bonds. The zero-order valence-electron chi connectivity index (χ0n) is 9.75. The highest BCUT2D eigenvalue weighted by Gasteiger charge is 2.17. The van der Waals surface area contributed by atoms with Crippen LogP contribution >= 0.6 is 0 Å². The van der Waals surface area contributed by atoms with E-state index >= 15 is 0 Å². The Morgan fingerprint density at radius 3 is 3.06 bits per heavy atom. The van der Waals surface area contributed by atoms with Gasteiger partial charge in [-0.2, -0.15) is 0 Å². The largest absolute Gasteiger partial charge is 0.384 e. The van der Waals surface area contributed by atoms with Gasteiger partial charge in [-0.15, -0.1) is 0 Å². The summed E-state index contributed by atoms with van der Waals surface area (Å²) in [6.07, 6.45) is 1.31. The fourth-order valence-corrected chi connectivity index (χ4v) is 2.19. The van der Waals surface area contributed by atoms with Gasteiger partial charge in [0, 0.05) is 25.3 Å². The van der Waals surface area contributed by atoms with E-state index in [1.54, 1.807) is 6.07 Å². The van der Waals surface area contributed by atoms with Crippen molar-refractivity contribution in [2.24, 2.45) is 5.92 Å². The molecule has 2 rings (SSSR count). The van der Waals surface area contributed by atoms with E-state index in [9.17, 15) is 4.39 Å². The van der Waals surface area contributed by atoms with Crippen LogP contribution in [0.3, 0.4) is 0 Å². The topological polar surface area (TPSA) is 15.3 Å². The van der Waals surface area contributed by atoms with Crippen LogP contribution in [0.4, 0.5) is 10.1 Å². The summed E-state index contributed by atoms with van der Waals surface area (Å²) >= 11 is 0. The molecule has 1 atom stereocenters. The SMILES string of the molecule is CC1CCN(CCNc2cccc(F)c2)C1. The molecule has 88 valence electrons. The molecule has 0 aromatic heterocycles. The van der Waals surface area contributed by atoms with Gasteiger partial charge in [-0.25, -0.2) is 4.39 Å². The van der Waals surface area contributed by atoms with Crippen molar-refractivity contribution in [3.63, 3.8) is 0 Å². The summed E-state index contributed by atoms with van der Waals surface area (Å²) in [5.41, 5.74) is 0.868. The zero-order chi connectivity index (χ0) is 11.4. The Hall–Kier alpha value is -1.09. The molecule has 1 unspecified atom stereocenters. The Morgan fingerprint density at radius 1 is 1.50 bits per heavy atom. The van der Waals surface area contributed by atoms with Crippen LogP contribution in [0.1, 0.15) is 13.3 Å². The molecule has 0 saturated carbocycles.